The number of fused-ring (bicyclic) bond motifs is 1. The van der Waals surface area contributed by atoms with Gasteiger partial charge in [-0.1, -0.05) is 26.2 Å². The van der Waals surface area contributed by atoms with Gasteiger partial charge in [0.2, 0.25) is 5.91 Å². The van der Waals surface area contributed by atoms with E-state index in [4.69, 9.17) is 9.47 Å². The van der Waals surface area contributed by atoms with Crippen LogP contribution in [0.2, 0.25) is 0 Å². The van der Waals surface area contributed by atoms with Gasteiger partial charge in [0.1, 0.15) is 11.6 Å². The smallest absolute Gasteiger partial charge is 0.321 e. The third-order valence-electron chi connectivity index (χ3n) is 9.19. The van der Waals surface area contributed by atoms with Gasteiger partial charge in [0, 0.05) is 50.0 Å². The third-order valence-corrected chi connectivity index (χ3v) is 9.19. The molecule has 1 heterocycles. The summed E-state index contributed by atoms with van der Waals surface area (Å²) >= 11 is 0. The van der Waals surface area contributed by atoms with E-state index in [0.29, 0.717) is 29.3 Å². The number of amides is 4. The van der Waals surface area contributed by atoms with Crippen LogP contribution in [0.4, 0.5) is 20.6 Å². The predicted molar refractivity (Wildman–Crippen MR) is 180 cm³/mol. The SMILES string of the molecule is C[C@H]1CCCCO[C@H](CN(C)C(=O)Nc2ccc(F)cc2)[C@@H](C)CN([C@@H](C)CO)C(=O)c2cc(NC(=O)C3CCCCC3)ccc2O1. The van der Waals surface area contributed by atoms with Crippen LogP contribution in [-0.4, -0.2) is 84.4 Å². The van der Waals surface area contributed by atoms with Crippen molar-refractivity contribution in [2.45, 2.75) is 90.4 Å². The molecule has 1 saturated carbocycles. The van der Waals surface area contributed by atoms with Gasteiger partial charge in [-0.3, -0.25) is 9.59 Å². The van der Waals surface area contributed by atoms with Crippen LogP contribution >= 0.6 is 0 Å². The molecule has 3 N–H and O–H groups in total. The Morgan fingerprint density at radius 3 is 2.38 bits per heavy atom. The number of benzene rings is 2. The first-order chi connectivity index (χ1) is 22.5. The van der Waals surface area contributed by atoms with Crippen LogP contribution in [-0.2, 0) is 9.53 Å². The van der Waals surface area contributed by atoms with Crippen LogP contribution in [0.15, 0.2) is 42.5 Å². The fraction of sp³-hybridized carbons (Fsp3) is 0.583. The lowest BCUT2D eigenvalue weighted by atomic mass is 9.88. The Hall–Kier alpha value is -3.70. The second-order valence-electron chi connectivity index (χ2n) is 13.2. The van der Waals surface area contributed by atoms with Crippen molar-refractivity contribution in [2.24, 2.45) is 11.8 Å². The standard InChI is InChI=1S/C36H51FN4O6/c1-24-21-41(25(2)23-42)35(44)31-20-30(38-34(43)27-11-6-5-7-12-27)17-18-32(31)47-26(3)10-8-9-19-46-33(24)22-40(4)36(45)39-29-15-13-28(37)14-16-29/h13-18,20,24-27,33,42H,5-12,19,21-23H2,1-4H3,(H,38,43)(H,39,45)/t24-,25-,26-,33+/m0/s1. The van der Waals surface area contributed by atoms with Crippen LogP contribution in [0.3, 0.4) is 0 Å². The number of nitrogens with one attached hydrogen (secondary N) is 2. The maximum atomic E-state index is 14.3. The number of hydrogen-bond donors (Lipinski definition) is 3. The summed E-state index contributed by atoms with van der Waals surface area (Å²) in [5.41, 5.74) is 1.32. The van der Waals surface area contributed by atoms with Crippen LogP contribution < -0.4 is 15.4 Å². The molecule has 47 heavy (non-hydrogen) atoms. The van der Waals surface area contributed by atoms with Gasteiger partial charge in [-0.25, -0.2) is 9.18 Å². The summed E-state index contributed by atoms with van der Waals surface area (Å²) in [4.78, 5) is 43.6. The molecule has 4 amide bonds. The minimum Gasteiger partial charge on any atom is -0.490 e. The number of likely N-dealkylation sites (N-methyl/N-ethyl adjacent to an activating group) is 1. The summed E-state index contributed by atoms with van der Waals surface area (Å²) in [5.74, 6) is -0.582. The molecule has 1 fully saturated rings. The second kappa shape index (κ2) is 17.5. The number of anilines is 2. The molecule has 0 radical (unpaired) electrons. The van der Waals surface area contributed by atoms with Gasteiger partial charge < -0.3 is 35.0 Å². The highest BCUT2D eigenvalue weighted by molar-refractivity contribution is 6.00. The fourth-order valence-corrected chi connectivity index (χ4v) is 6.18. The lowest BCUT2D eigenvalue weighted by molar-refractivity contribution is -0.120. The first-order valence-corrected chi connectivity index (χ1v) is 17.0. The molecule has 4 rings (SSSR count). The summed E-state index contributed by atoms with van der Waals surface area (Å²) in [7, 11) is 1.66. The molecule has 11 heteroatoms. The molecular formula is C36H51FN4O6. The van der Waals surface area contributed by atoms with Crippen molar-refractivity contribution in [1.29, 1.82) is 0 Å². The zero-order chi connectivity index (χ0) is 33.9. The van der Waals surface area contributed by atoms with E-state index in [0.717, 1.165) is 51.4 Å². The molecule has 2 aromatic rings. The molecule has 2 aliphatic rings. The van der Waals surface area contributed by atoms with Crippen LogP contribution in [0.25, 0.3) is 0 Å². The normalized spacial score (nSPS) is 22.3. The molecule has 258 valence electrons. The quantitative estimate of drug-likeness (QED) is 0.322. The third kappa shape index (κ3) is 10.4. The van der Waals surface area contributed by atoms with Gasteiger partial charge in [-0.05, 0) is 88.4 Å². The Bertz CT molecular complexity index is 1340. The summed E-state index contributed by atoms with van der Waals surface area (Å²) < 4.78 is 26.0. The summed E-state index contributed by atoms with van der Waals surface area (Å²) in [6.45, 7) is 6.42. The summed E-state index contributed by atoms with van der Waals surface area (Å²) in [5, 5.41) is 16.0. The Morgan fingerprint density at radius 1 is 1.00 bits per heavy atom. The highest BCUT2D eigenvalue weighted by atomic mass is 19.1. The minimum absolute atomic E-state index is 0.0333. The van der Waals surface area contributed by atoms with Crippen LogP contribution in [0.1, 0.15) is 82.5 Å². The summed E-state index contributed by atoms with van der Waals surface area (Å²) in [6.07, 6.45) is 6.74. The molecule has 2 aromatic carbocycles. The van der Waals surface area contributed by atoms with Crippen molar-refractivity contribution in [2.75, 3.05) is 44.0 Å². The van der Waals surface area contributed by atoms with Crippen LogP contribution in [0.5, 0.6) is 5.75 Å². The predicted octanol–water partition coefficient (Wildman–Crippen LogP) is 6.30. The van der Waals surface area contributed by atoms with E-state index >= 15 is 0 Å². The van der Waals surface area contributed by atoms with Crippen LogP contribution in [0, 0.1) is 17.7 Å². The first-order valence-electron chi connectivity index (χ1n) is 17.0. The number of hydrogen-bond acceptors (Lipinski definition) is 6. The fourth-order valence-electron chi connectivity index (χ4n) is 6.18. The molecule has 1 aliphatic heterocycles. The van der Waals surface area contributed by atoms with Gasteiger partial charge in [0.15, 0.2) is 0 Å². The topological polar surface area (TPSA) is 120 Å². The van der Waals surface area contributed by atoms with E-state index in [1.165, 1.54) is 29.2 Å². The Balaban J connectivity index is 1.57. The minimum atomic E-state index is -0.524. The second-order valence-corrected chi connectivity index (χ2v) is 13.2. The number of carbonyl (C=O) groups is 3. The molecule has 0 aromatic heterocycles. The Labute approximate surface area is 278 Å². The number of ether oxygens (including phenoxy) is 2. The lowest BCUT2D eigenvalue weighted by Gasteiger charge is -2.35. The molecule has 4 atom stereocenters. The van der Waals surface area contributed by atoms with Gasteiger partial charge in [0.25, 0.3) is 5.91 Å². The van der Waals surface area contributed by atoms with Crippen molar-refractivity contribution in [1.82, 2.24) is 9.80 Å². The van der Waals surface area contributed by atoms with Gasteiger partial charge >= 0.3 is 6.03 Å². The Kier molecular flexibility index (Phi) is 13.4. The van der Waals surface area contributed by atoms with Crippen molar-refractivity contribution < 1.29 is 33.4 Å². The van der Waals surface area contributed by atoms with Crippen molar-refractivity contribution in [3.05, 3.63) is 53.8 Å². The first kappa shape index (κ1) is 36.1. The van der Waals surface area contributed by atoms with Crippen molar-refractivity contribution in [3.8, 4) is 5.75 Å². The van der Waals surface area contributed by atoms with E-state index in [1.54, 1.807) is 37.1 Å². The maximum Gasteiger partial charge on any atom is 0.321 e. The van der Waals surface area contributed by atoms with E-state index in [-0.39, 0.29) is 55.5 Å². The molecule has 0 spiro atoms. The average molecular weight is 655 g/mol. The number of halogens is 1. The lowest BCUT2D eigenvalue weighted by Crippen LogP contribution is -2.48. The number of nitrogens with zero attached hydrogens (tertiary/aromatic N) is 2. The van der Waals surface area contributed by atoms with Gasteiger partial charge in [-0.2, -0.15) is 0 Å². The van der Waals surface area contributed by atoms with E-state index in [1.807, 2.05) is 13.8 Å². The molecule has 0 unspecified atom stereocenters. The molecule has 1 aliphatic carbocycles. The van der Waals surface area contributed by atoms with E-state index in [9.17, 15) is 23.9 Å². The van der Waals surface area contributed by atoms with Gasteiger partial charge in [0.05, 0.1) is 30.4 Å². The highest BCUT2D eigenvalue weighted by Gasteiger charge is 2.31. The highest BCUT2D eigenvalue weighted by Crippen LogP contribution is 2.30. The number of urea groups is 1. The number of aliphatic hydroxyl groups is 1. The summed E-state index contributed by atoms with van der Waals surface area (Å²) in [6, 6.07) is 9.87. The number of carbonyl (C=O) groups excluding carboxylic acids is 3. The molecule has 0 bridgehead atoms. The molecule has 0 saturated heterocycles. The average Bonchev–Trinajstić information content (AvgIpc) is 3.07. The monoisotopic (exact) mass is 654 g/mol. The largest absolute Gasteiger partial charge is 0.490 e. The van der Waals surface area contributed by atoms with Crippen molar-refractivity contribution in [3.63, 3.8) is 0 Å². The van der Waals surface area contributed by atoms with E-state index in [2.05, 4.69) is 10.6 Å². The van der Waals surface area contributed by atoms with Gasteiger partial charge in [-0.15, -0.1) is 0 Å². The molecule has 10 nitrogen and oxygen atoms in total. The number of rotatable bonds is 7. The number of aliphatic hydroxyl groups excluding tert-OH is 1. The Morgan fingerprint density at radius 2 is 1.68 bits per heavy atom. The van der Waals surface area contributed by atoms with E-state index < -0.39 is 18.0 Å². The maximum absolute atomic E-state index is 14.3. The van der Waals surface area contributed by atoms with Crippen molar-refractivity contribution >= 4 is 29.2 Å². The zero-order valence-electron chi connectivity index (χ0n) is 28.2. The molecular weight excluding hydrogens is 603 g/mol. The zero-order valence-corrected chi connectivity index (χ0v) is 28.2.